The molecule has 0 aliphatic carbocycles. The normalized spacial score (nSPS) is 30.7. The molecule has 1 aliphatic heterocycles. The zero-order valence-corrected chi connectivity index (χ0v) is 8.58. The van der Waals surface area contributed by atoms with Crippen LogP contribution in [0.5, 0.6) is 5.75 Å². The van der Waals surface area contributed by atoms with Gasteiger partial charge in [-0.05, 0) is 25.1 Å². The van der Waals surface area contributed by atoms with Gasteiger partial charge < -0.3 is 15.6 Å². The minimum absolute atomic E-state index is 0.211. The molecule has 3 nitrogen and oxygen atoms in total. The van der Waals surface area contributed by atoms with Crippen molar-refractivity contribution >= 4 is 11.6 Å². The summed E-state index contributed by atoms with van der Waals surface area (Å²) in [5.74, 6) is 0.702. The molecule has 0 aromatic heterocycles. The zero-order valence-electron chi connectivity index (χ0n) is 7.83. The molecule has 1 aromatic rings. The molecule has 2 atom stereocenters. The summed E-state index contributed by atoms with van der Waals surface area (Å²) in [7, 11) is 0. The van der Waals surface area contributed by atoms with Gasteiger partial charge in [-0.1, -0.05) is 11.6 Å². The summed E-state index contributed by atoms with van der Waals surface area (Å²) >= 11 is 5.84. The maximum Gasteiger partial charge on any atom is 0.124 e. The molecular formula is C10H12ClNO2. The van der Waals surface area contributed by atoms with Gasteiger partial charge >= 0.3 is 0 Å². The van der Waals surface area contributed by atoms with Crippen LogP contribution >= 0.6 is 11.6 Å². The first-order valence-corrected chi connectivity index (χ1v) is 4.79. The molecule has 0 spiro atoms. The molecule has 0 unspecified atom stereocenters. The SMILES string of the molecule is C[C@@]1(O)COc2ccc(Cl)cc2[C@H]1N. The van der Waals surface area contributed by atoms with Crippen LogP contribution in [0.4, 0.5) is 0 Å². The standard InChI is InChI=1S/C10H12ClNO2/c1-10(13)5-14-8-3-2-6(11)4-7(8)9(10)12/h2-4,9,13H,5,12H2,1H3/t9-,10-/m1/s1. The van der Waals surface area contributed by atoms with Crippen LogP contribution in [0.3, 0.4) is 0 Å². The Morgan fingerprint density at radius 2 is 2.36 bits per heavy atom. The molecule has 0 saturated carbocycles. The molecule has 0 radical (unpaired) electrons. The lowest BCUT2D eigenvalue weighted by Gasteiger charge is -2.36. The first-order chi connectivity index (χ1) is 6.50. The van der Waals surface area contributed by atoms with E-state index in [1.54, 1.807) is 25.1 Å². The van der Waals surface area contributed by atoms with Gasteiger partial charge in [-0.15, -0.1) is 0 Å². The number of hydrogen-bond acceptors (Lipinski definition) is 3. The third-order valence-electron chi connectivity index (χ3n) is 2.50. The summed E-state index contributed by atoms with van der Waals surface area (Å²) in [4.78, 5) is 0. The molecule has 1 aromatic carbocycles. The molecule has 1 heterocycles. The van der Waals surface area contributed by atoms with Crippen molar-refractivity contribution < 1.29 is 9.84 Å². The van der Waals surface area contributed by atoms with Crippen molar-refractivity contribution in [2.45, 2.75) is 18.6 Å². The van der Waals surface area contributed by atoms with Crippen LogP contribution < -0.4 is 10.5 Å². The Labute approximate surface area is 87.4 Å². The van der Waals surface area contributed by atoms with E-state index < -0.39 is 11.6 Å². The Hall–Kier alpha value is -0.770. The second kappa shape index (κ2) is 3.12. The van der Waals surface area contributed by atoms with Crippen molar-refractivity contribution in [2.75, 3.05) is 6.61 Å². The molecule has 0 fully saturated rings. The summed E-state index contributed by atoms with van der Waals surface area (Å²) in [5.41, 5.74) is 5.63. The number of fused-ring (bicyclic) bond motifs is 1. The van der Waals surface area contributed by atoms with Crippen molar-refractivity contribution in [3.05, 3.63) is 28.8 Å². The van der Waals surface area contributed by atoms with Crippen LogP contribution in [0.1, 0.15) is 18.5 Å². The van der Waals surface area contributed by atoms with Crippen molar-refractivity contribution in [3.63, 3.8) is 0 Å². The average Bonchev–Trinajstić information content (AvgIpc) is 2.13. The number of ether oxygens (including phenoxy) is 1. The molecule has 4 heteroatoms. The van der Waals surface area contributed by atoms with E-state index in [0.29, 0.717) is 10.8 Å². The smallest absolute Gasteiger partial charge is 0.124 e. The van der Waals surface area contributed by atoms with E-state index in [1.807, 2.05) is 0 Å². The van der Waals surface area contributed by atoms with E-state index in [9.17, 15) is 5.11 Å². The summed E-state index contributed by atoms with van der Waals surface area (Å²) in [6, 6.07) is 4.79. The Morgan fingerprint density at radius 3 is 3.07 bits per heavy atom. The predicted octanol–water partition coefficient (Wildman–Crippen LogP) is 1.48. The third-order valence-corrected chi connectivity index (χ3v) is 2.73. The van der Waals surface area contributed by atoms with Crippen LogP contribution in [-0.4, -0.2) is 17.3 Å². The van der Waals surface area contributed by atoms with Gasteiger partial charge in [-0.25, -0.2) is 0 Å². The van der Waals surface area contributed by atoms with Gasteiger partial charge in [-0.2, -0.15) is 0 Å². The Balaban J connectivity index is 2.48. The van der Waals surface area contributed by atoms with E-state index >= 15 is 0 Å². The average molecular weight is 214 g/mol. The van der Waals surface area contributed by atoms with Crippen molar-refractivity contribution in [2.24, 2.45) is 5.73 Å². The van der Waals surface area contributed by atoms with Gasteiger partial charge in [-0.3, -0.25) is 0 Å². The lowest BCUT2D eigenvalue weighted by molar-refractivity contribution is -0.0248. The van der Waals surface area contributed by atoms with Crippen molar-refractivity contribution in [3.8, 4) is 5.75 Å². The Morgan fingerprint density at radius 1 is 1.64 bits per heavy atom. The van der Waals surface area contributed by atoms with Crippen LogP contribution in [0, 0.1) is 0 Å². The summed E-state index contributed by atoms with van der Waals surface area (Å²) < 4.78 is 5.38. The van der Waals surface area contributed by atoms with Crippen molar-refractivity contribution in [1.82, 2.24) is 0 Å². The maximum atomic E-state index is 9.89. The number of aliphatic hydroxyl groups is 1. The highest BCUT2D eigenvalue weighted by molar-refractivity contribution is 6.30. The van der Waals surface area contributed by atoms with Crippen molar-refractivity contribution in [1.29, 1.82) is 0 Å². The first-order valence-electron chi connectivity index (χ1n) is 4.41. The molecule has 1 aliphatic rings. The van der Waals surface area contributed by atoms with E-state index in [-0.39, 0.29) is 6.61 Å². The van der Waals surface area contributed by atoms with E-state index in [2.05, 4.69) is 0 Å². The number of nitrogens with two attached hydrogens (primary N) is 1. The number of rotatable bonds is 0. The van der Waals surface area contributed by atoms with Gasteiger partial charge in [0.05, 0.1) is 6.04 Å². The lowest BCUT2D eigenvalue weighted by Crippen LogP contribution is -2.46. The summed E-state index contributed by atoms with van der Waals surface area (Å²) in [5, 5.41) is 10.5. The zero-order chi connectivity index (χ0) is 10.3. The van der Waals surface area contributed by atoms with Crippen LogP contribution in [0.25, 0.3) is 0 Å². The van der Waals surface area contributed by atoms with Gasteiger partial charge in [0.25, 0.3) is 0 Å². The van der Waals surface area contributed by atoms with E-state index in [1.165, 1.54) is 0 Å². The summed E-state index contributed by atoms with van der Waals surface area (Å²) in [6.45, 7) is 1.87. The molecular weight excluding hydrogens is 202 g/mol. The highest BCUT2D eigenvalue weighted by atomic mass is 35.5. The second-order valence-electron chi connectivity index (χ2n) is 3.81. The highest BCUT2D eigenvalue weighted by Gasteiger charge is 2.37. The molecule has 2 rings (SSSR count). The lowest BCUT2D eigenvalue weighted by atomic mass is 9.89. The van der Waals surface area contributed by atoms with E-state index in [0.717, 1.165) is 5.56 Å². The quantitative estimate of drug-likeness (QED) is 0.687. The van der Waals surface area contributed by atoms with Crippen LogP contribution in [0.2, 0.25) is 5.02 Å². The largest absolute Gasteiger partial charge is 0.490 e. The molecule has 76 valence electrons. The third kappa shape index (κ3) is 1.47. The molecule has 14 heavy (non-hydrogen) atoms. The monoisotopic (exact) mass is 213 g/mol. The van der Waals surface area contributed by atoms with Crippen LogP contribution in [-0.2, 0) is 0 Å². The minimum Gasteiger partial charge on any atom is -0.490 e. The van der Waals surface area contributed by atoms with Crippen LogP contribution in [0.15, 0.2) is 18.2 Å². The maximum absolute atomic E-state index is 9.89. The van der Waals surface area contributed by atoms with E-state index in [4.69, 9.17) is 22.1 Å². The van der Waals surface area contributed by atoms with Gasteiger partial charge in [0.2, 0.25) is 0 Å². The Bertz CT molecular complexity index is 365. The number of halogens is 1. The second-order valence-corrected chi connectivity index (χ2v) is 4.24. The molecule has 0 saturated heterocycles. The molecule has 0 bridgehead atoms. The van der Waals surface area contributed by atoms with Gasteiger partial charge in [0.15, 0.2) is 0 Å². The summed E-state index contributed by atoms with van der Waals surface area (Å²) in [6.07, 6.45) is 0. The molecule has 0 amide bonds. The highest BCUT2D eigenvalue weighted by Crippen LogP contribution is 2.37. The fraction of sp³-hybridized carbons (Fsp3) is 0.400. The Kier molecular flexibility index (Phi) is 2.18. The van der Waals surface area contributed by atoms with Gasteiger partial charge in [0, 0.05) is 10.6 Å². The first kappa shape index (κ1) is 9.77. The number of benzene rings is 1. The minimum atomic E-state index is -1.03. The fourth-order valence-corrected chi connectivity index (χ4v) is 1.72. The predicted molar refractivity (Wildman–Crippen MR) is 54.5 cm³/mol. The number of hydrogen-bond donors (Lipinski definition) is 2. The topological polar surface area (TPSA) is 55.5 Å². The van der Waals surface area contributed by atoms with Gasteiger partial charge in [0.1, 0.15) is 18.0 Å². The molecule has 3 N–H and O–H groups in total. The fourth-order valence-electron chi connectivity index (χ4n) is 1.54.